The summed E-state index contributed by atoms with van der Waals surface area (Å²) in [7, 11) is 0. The summed E-state index contributed by atoms with van der Waals surface area (Å²) in [6.07, 6.45) is 5.33. The normalized spacial score (nSPS) is 10.6. The van der Waals surface area contributed by atoms with E-state index in [4.69, 9.17) is 4.74 Å². The Hall–Kier alpha value is -2.64. The molecule has 0 aliphatic carbocycles. The summed E-state index contributed by atoms with van der Waals surface area (Å²) in [6, 6.07) is 20.3. The van der Waals surface area contributed by atoms with Gasteiger partial charge in [-0.05, 0) is 25.0 Å². The fourth-order valence-corrected chi connectivity index (χ4v) is 1.91. The van der Waals surface area contributed by atoms with E-state index in [2.05, 4.69) is 48.3 Å². The molecule has 1 nitrogen and oxygen atoms in total. The van der Waals surface area contributed by atoms with Crippen LogP contribution in [0, 0.1) is 24.1 Å². The fourth-order valence-electron chi connectivity index (χ4n) is 1.91. The lowest BCUT2D eigenvalue weighted by molar-refractivity contribution is 0.476. The van der Waals surface area contributed by atoms with Gasteiger partial charge in [-0.15, -0.1) is 0 Å². The van der Waals surface area contributed by atoms with Crippen LogP contribution in [0.25, 0.3) is 0 Å². The predicted molar refractivity (Wildman–Crippen MR) is 109 cm³/mol. The minimum Gasteiger partial charge on any atom is -0.357 e. The molecule has 2 aromatic carbocycles. The molecule has 0 heterocycles. The van der Waals surface area contributed by atoms with Crippen molar-refractivity contribution in [2.24, 2.45) is 0 Å². The van der Waals surface area contributed by atoms with Crippen LogP contribution in [0.1, 0.15) is 64.5 Å². The van der Waals surface area contributed by atoms with Crippen molar-refractivity contribution < 1.29 is 4.74 Å². The highest BCUT2D eigenvalue weighted by Gasteiger charge is 2.00. The molecular formula is C24H30O. The molecule has 0 amide bonds. The molecule has 0 fully saturated rings. The molecular weight excluding hydrogens is 304 g/mol. The van der Waals surface area contributed by atoms with E-state index in [0.717, 1.165) is 0 Å². The smallest absolute Gasteiger partial charge is 0.130 e. The summed E-state index contributed by atoms with van der Waals surface area (Å²) in [5, 5.41) is 0. The lowest BCUT2D eigenvalue weighted by Crippen LogP contribution is -1.89. The molecule has 0 bridgehead atoms. The number of hydrogen-bond donors (Lipinski definition) is 0. The van der Waals surface area contributed by atoms with E-state index in [1.54, 1.807) is 0 Å². The van der Waals surface area contributed by atoms with E-state index in [1.165, 1.54) is 11.1 Å². The van der Waals surface area contributed by atoms with Crippen LogP contribution in [0.5, 0.6) is 0 Å². The van der Waals surface area contributed by atoms with Gasteiger partial charge in [0.15, 0.2) is 0 Å². The Morgan fingerprint density at radius 1 is 0.600 bits per heavy atom. The Kier molecular flexibility index (Phi) is 13.3. The van der Waals surface area contributed by atoms with Crippen LogP contribution in [0.4, 0.5) is 0 Å². The Labute approximate surface area is 154 Å². The van der Waals surface area contributed by atoms with Gasteiger partial charge < -0.3 is 4.74 Å². The number of hydrogen-bond acceptors (Lipinski definition) is 1. The monoisotopic (exact) mass is 334 g/mol. The van der Waals surface area contributed by atoms with Crippen molar-refractivity contribution in [1.29, 1.82) is 0 Å². The zero-order valence-electron chi connectivity index (χ0n) is 16.3. The first-order valence-electron chi connectivity index (χ1n) is 9.04. The quantitative estimate of drug-likeness (QED) is 0.563. The molecule has 132 valence electrons. The standard InChI is InChI=1S/C20H18O.2C2H6/c1-17(19-9-5-3-6-10-19)13-15-21-16-14-18(2)20-11-7-4-8-12-20;2*1-2/h3-12,17-18H,1-2H3;2*1-2H3. The molecule has 0 N–H and O–H groups in total. The van der Waals surface area contributed by atoms with E-state index in [1.807, 2.05) is 77.9 Å². The molecule has 0 spiro atoms. The van der Waals surface area contributed by atoms with Gasteiger partial charge in [0.2, 0.25) is 0 Å². The van der Waals surface area contributed by atoms with Crippen molar-refractivity contribution in [3.05, 3.63) is 71.8 Å². The summed E-state index contributed by atoms with van der Waals surface area (Å²) >= 11 is 0. The zero-order valence-corrected chi connectivity index (χ0v) is 16.3. The molecule has 0 saturated carbocycles. The molecule has 0 radical (unpaired) electrons. The maximum Gasteiger partial charge on any atom is 0.130 e. The lowest BCUT2D eigenvalue weighted by atomic mass is 10.0. The minimum absolute atomic E-state index is 0.138. The number of ether oxygens (including phenoxy) is 1. The van der Waals surface area contributed by atoms with Gasteiger partial charge in [-0.1, -0.05) is 100 Å². The average molecular weight is 335 g/mol. The summed E-state index contributed by atoms with van der Waals surface area (Å²) in [4.78, 5) is 0. The molecule has 0 saturated heterocycles. The SMILES string of the molecule is CC.CC.CC(C#COC#CC(C)c1ccccc1)c1ccccc1. The third-order valence-electron chi connectivity index (χ3n) is 3.25. The predicted octanol–water partition coefficient (Wildman–Crippen LogP) is 6.58. The highest BCUT2D eigenvalue weighted by Crippen LogP contribution is 2.13. The first-order valence-corrected chi connectivity index (χ1v) is 9.04. The molecule has 0 aliphatic rings. The molecule has 2 unspecified atom stereocenters. The third-order valence-corrected chi connectivity index (χ3v) is 3.25. The second-order valence-electron chi connectivity index (χ2n) is 4.86. The molecule has 1 heteroatoms. The van der Waals surface area contributed by atoms with Gasteiger partial charge in [-0.3, -0.25) is 0 Å². The second kappa shape index (κ2) is 14.9. The Balaban J connectivity index is 0.00000134. The van der Waals surface area contributed by atoms with Crippen molar-refractivity contribution in [3.63, 3.8) is 0 Å². The molecule has 0 aliphatic heterocycles. The van der Waals surface area contributed by atoms with Gasteiger partial charge in [0.25, 0.3) is 0 Å². The summed E-state index contributed by atoms with van der Waals surface area (Å²) in [6.45, 7) is 12.1. The van der Waals surface area contributed by atoms with Gasteiger partial charge in [-0.2, -0.15) is 0 Å². The summed E-state index contributed by atoms with van der Waals surface area (Å²) < 4.78 is 5.10. The van der Waals surface area contributed by atoms with Crippen LogP contribution >= 0.6 is 0 Å². The third kappa shape index (κ3) is 9.29. The van der Waals surface area contributed by atoms with Crippen molar-refractivity contribution in [2.75, 3.05) is 0 Å². The first kappa shape index (κ1) is 22.4. The maximum atomic E-state index is 5.10. The van der Waals surface area contributed by atoms with Gasteiger partial charge in [0.05, 0.1) is 0 Å². The Bertz CT molecular complexity index is 605. The van der Waals surface area contributed by atoms with Gasteiger partial charge >= 0.3 is 0 Å². The van der Waals surface area contributed by atoms with E-state index in [9.17, 15) is 0 Å². The summed E-state index contributed by atoms with van der Waals surface area (Å²) in [5.74, 6) is 6.35. The van der Waals surface area contributed by atoms with Crippen molar-refractivity contribution >= 4 is 0 Å². The van der Waals surface area contributed by atoms with E-state index in [-0.39, 0.29) is 11.8 Å². The van der Waals surface area contributed by atoms with Crippen LogP contribution < -0.4 is 0 Å². The summed E-state index contributed by atoms with van der Waals surface area (Å²) in [5.41, 5.74) is 2.36. The average Bonchev–Trinajstić information content (AvgIpc) is 2.71. The molecule has 2 aromatic rings. The van der Waals surface area contributed by atoms with Crippen molar-refractivity contribution in [1.82, 2.24) is 0 Å². The van der Waals surface area contributed by atoms with Crippen LogP contribution in [0.2, 0.25) is 0 Å². The van der Waals surface area contributed by atoms with Crippen LogP contribution in [-0.2, 0) is 4.74 Å². The van der Waals surface area contributed by atoms with Crippen LogP contribution in [0.3, 0.4) is 0 Å². The van der Waals surface area contributed by atoms with Gasteiger partial charge in [0.1, 0.15) is 12.2 Å². The van der Waals surface area contributed by atoms with Crippen molar-refractivity contribution in [2.45, 2.75) is 53.4 Å². The number of rotatable bonds is 2. The van der Waals surface area contributed by atoms with Crippen molar-refractivity contribution in [3.8, 4) is 24.1 Å². The zero-order chi connectivity index (χ0) is 18.9. The molecule has 2 rings (SSSR count). The van der Waals surface area contributed by atoms with E-state index >= 15 is 0 Å². The maximum absolute atomic E-state index is 5.10. The first-order chi connectivity index (χ1) is 12.3. The molecule has 25 heavy (non-hydrogen) atoms. The highest BCUT2D eigenvalue weighted by molar-refractivity contribution is 5.27. The fraction of sp³-hybridized carbons (Fsp3) is 0.333. The second-order valence-corrected chi connectivity index (χ2v) is 4.86. The lowest BCUT2D eigenvalue weighted by Gasteiger charge is -2.02. The Morgan fingerprint density at radius 2 is 0.920 bits per heavy atom. The Morgan fingerprint density at radius 3 is 1.24 bits per heavy atom. The van der Waals surface area contributed by atoms with Gasteiger partial charge in [0, 0.05) is 11.8 Å². The molecule has 2 atom stereocenters. The highest BCUT2D eigenvalue weighted by atomic mass is 16.5. The molecule has 0 aromatic heterocycles. The number of benzene rings is 2. The van der Waals surface area contributed by atoms with Gasteiger partial charge in [-0.25, -0.2) is 0 Å². The largest absolute Gasteiger partial charge is 0.357 e. The van der Waals surface area contributed by atoms with E-state index < -0.39 is 0 Å². The van der Waals surface area contributed by atoms with Crippen LogP contribution in [-0.4, -0.2) is 0 Å². The minimum atomic E-state index is 0.138. The topological polar surface area (TPSA) is 9.23 Å². The van der Waals surface area contributed by atoms with E-state index in [0.29, 0.717) is 0 Å². The van der Waals surface area contributed by atoms with Crippen LogP contribution in [0.15, 0.2) is 60.7 Å².